The van der Waals surface area contributed by atoms with Gasteiger partial charge in [0.25, 0.3) is 5.91 Å². The number of hydrogen-bond donors (Lipinski definition) is 1. The van der Waals surface area contributed by atoms with Gasteiger partial charge in [0.15, 0.2) is 5.13 Å². The third kappa shape index (κ3) is 4.06. The summed E-state index contributed by atoms with van der Waals surface area (Å²) in [5, 5.41) is 5.17. The average molecular weight is 290 g/mol. The van der Waals surface area contributed by atoms with Crippen molar-refractivity contribution in [2.75, 3.05) is 11.9 Å². The van der Waals surface area contributed by atoms with E-state index in [9.17, 15) is 4.79 Å². The Balaban J connectivity index is 2.12. The maximum Gasteiger partial charge on any atom is 0.261 e. The highest BCUT2D eigenvalue weighted by Gasteiger charge is 2.16. The zero-order chi connectivity index (χ0) is 14.6. The Kier molecular flexibility index (Phi) is 4.39. The number of benzene rings is 1. The van der Waals surface area contributed by atoms with E-state index in [-0.39, 0.29) is 11.3 Å². The summed E-state index contributed by atoms with van der Waals surface area (Å²) in [4.78, 5) is 16.3. The van der Waals surface area contributed by atoms with Crippen molar-refractivity contribution < 1.29 is 9.53 Å². The molecule has 5 heteroatoms. The van der Waals surface area contributed by atoms with Crippen LogP contribution in [-0.2, 0) is 0 Å². The van der Waals surface area contributed by atoms with Crippen LogP contribution in [0.5, 0.6) is 5.75 Å². The van der Waals surface area contributed by atoms with Gasteiger partial charge in [-0.1, -0.05) is 32.9 Å². The molecule has 1 aromatic carbocycles. The molecule has 0 bridgehead atoms. The number of carbonyl (C=O) groups excluding carboxylic acids is 1. The lowest BCUT2D eigenvalue weighted by molar-refractivity contribution is 0.102. The van der Waals surface area contributed by atoms with Gasteiger partial charge in [-0.05, 0) is 17.5 Å². The first-order valence-corrected chi connectivity index (χ1v) is 7.26. The maximum absolute atomic E-state index is 12.2. The fourth-order valence-corrected chi connectivity index (χ4v) is 2.05. The Morgan fingerprint density at radius 3 is 2.75 bits per heavy atom. The van der Waals surface area contributed by atoms with Crippen LogP contribution in [0.4, 0.5) is 5.13 Å². The van der Waals surface area contributed by atoms with Gasteiger partial charge in [0.1, 0.15) is 5.75 Å². The molecule has 0 unspecified atom stereocenters. The summed E-state index contributed by atoms with van der Waals surface area (Å²) in [5.41, 5.74) is 0.561. The molecular weight excluding hydrogens is 272 g/mol. The number of aromatic nitrogens is 1. The minimum absolute atomic E-state index is 0.0406. The molecule has 0 spiro atoms. The van der Waals surface area contributed by atoms with Gasteiger partial charge in [0.2, 0.25) is 0 Å². The van der Waals surface area contributed by atoms with E-state index < -0.39 is 0 Å². The van der Waals surface area contributed by atoms with Crippen LogP contribution in [-0.4, -0.2) is 17.5 Å². The van der Waals surface area contributed by atoms with Crippen LogP contribution in [0.15, 0.2) is 35.8 Å². The highest BCUT2D eigenvalue weighted by atomic mass is 32.1. The molecule has 1 heterocycles. The predicted octanol–water partition coefficient (Wildman–Crippen LogP) is 3.82. The molecule has 1 N–H and O–H groups in total. The van der Waals surface area contributed by atoms with Crippen LogP contribution >= 0.6 is 11.3 Å². The molecule has 4 nitrogen and oxygen atoms in total. The second-order valence-corrected chi connectivity index (χ2v) is 6.53. The predicted molar refractivity (Wildman–Crippen MR) is 81.5 cm³/mol. The van der Waals surface area contributed by atoms with Gasteiger partial charge in [0, 0.05) is 11.6 Å². The highest BCUT2D eigenvalue weighted by Crippen LogP contribution is 2.23. The molecular formula is C15H18N2O2S. The second-order valence-electron chi connectivity index (χ2n) is 5.64. The van der Waals surface area contributed by atoms with E-state index in [4.69, 9.17) is 4.74 Å². The summed E-state index contributed by atoms with van der Waals surface area (Å²) < 4.78 is 5.76. The number of anilines is 1. The van der Waals surface area contributed by atoms with E-state index in [1.165, 1.54) is 11.3 Å². The van der Waals surface area contributed by atoms with Crippen molar-refractivity contribution >= 4 is 22.4 Å². The minimum Gasteiger partial charge on any atom is -0.492 e. The SMILES string of the molecule is CC(C)(C)COc1ccccc1C(=O)Nc1nccs1. The average Bonchev–Trinajstić information content (AvgIpc) is 2.88. The lowest BCUT2D eigenvalue weighted by Gasteiger charge is -2.20. The monoisotopic (exact) mass is 290 g/mol. The van der Waals surface area contributed by atoms with Crippen LogP contribution < -0.4 is 10.1 Å². The summed E-state index contributed by atoms with van der Waals surface area (Å²) in [6, 6.07) is 7.24. The number of rotatable bonds is 4. The zero-order valence-electron chi connectivity index (χ0n) is 11.8. The first-order valence-electron chi connectivity index (χ1n) is 6.38. The Hall–Kier alpha value is -1.88. The van der Waals surface area contributed by atoms with E-state index in [0.717, 1.165) is 0 Å². The summed E-state index contributed by atoms with van der Waals surface area (Å²) in [6.45, 7) is 6.82. The molecule has 1 aromatic heterocycles. The van der Waals surface area contributed by atoms with E-state index >= 15 is 0 Å². The van der Waals surface area contributed by atoms with Gasteiger partial charge < -0.3 is 4.74 Å². The van der Waals surface area contributed by atoms with Crippen LogP contribution in [0.1, 0.15) is 31.1 Å². The van der Waals surface area contributed by atoms with E-state index in [1.807, 2.05) is 23.6 Å². The second kappa shape index (κ2) is 6.05. The quantitative estimate of drug-likeness (QED) is 0.931. The molecule has 0 saturated heterocycles. The molecule has 0 aliphatic rings. The summed E-state index contributed by atoms with van der Waals surface area (Å²) >= 11 is 1.39. The van der Waals surface area contributed by atoms with Crippen LogP contribution in [0, 0.1) is 5.41 Å². The van der Waals surface area contributed by atoms with Crippen LogP contribution in [0.3, 0.4) is 0 Å². The molecule has 106 valence electrons. The first kappa shape index (κ1) is 14.5. The third-order valence-electron chi connectivity index (χ3n) is 2.45. The highest BCUT2D eigenvalue weighted by molar-refractivity contribution is 7.13. The van der Waals surface area contributed by atoms with Gasteiger partial charge in [-0.15, -0.1) is 11.3 Å². The molecule has 0 fully saturated rings. The van der Waals surface area contributed by atoms with Crippen molar-refractivity contribution in [1.82, 2.24) is 4.98 Å². The molecule has 0 radical (unpaired) electrons. The molecule has 1 amide bonds. The van der Waals surface area contributed by atoms with Crippen molar-refractivity contribution in [3.63, 3.8) is 0 Å². The normalized spacial score (nSPS) is 11.2. The molecule has 0 saturated carbocycles. The van der Waals surface area contributed by atoms with Crippen LogP contribution in [0.2, 0.25) is 0 Å². The lowest BCUT2D eigenvalue weighted by atomic mass is 9.98. The minimum atomic E-state index is -0.204. The fourth-order valence-electron chi connectivity index (χ4n) is 1.52. The number of carbonyl (C=O) groups is 1. The summed E-state index contributed by atoms with van der Waals surface area (Å²) in [7, 11) is 0. The van der Waals surface area contributed by atoms with Crippen molar-refractivity contribution in [2.45, 2.75) is 20.8 Å². The maximum atomic E-state index is 12.2. The number of nitrogens with one attached hydrogen (secondary N) is 1. The Labute approximate surface area is 122 Å². The van der Waals surface area contributed by atoms with Gasteiger partial charge >= 0.3 is 0 Å². The fraction of sp³-hybridized carbons (Fsp3) is 0.333. The number of para-hydroxylation sites is 1. The Bertz CT molecular complexity index is 574. The number of hydrogen-bond acceptors (Lipinski definition) is 4. The molecule has 0 aliphatic carbocycles. The molecule has 0 aliphatic heterocycles. The first-order chi connectivity index (χ1) is 9.46. The summed E-state index contributed by atoms with van der Waals surface area (Å²) in [6.07, 6.45) is 1.66. The smallest absolute Gasteiger partial charge is 0.261 e. The van der Waals surface area contributed by atoms with Crippen molar-refractivity contribution in [1.29, 1.82) is 0 Å². The topological polar surface area (TPSA) is 51.2 Å². The van der Waals surface area contributed by atoms with E-state index in [1.54, 1.807) is 12.3 Å². The van der Waals surface area contributed by atoms with E-state index in [0.29, 0.717) is 23.1 Å². The van der Waals surface area contributed by atoms with Crippen molar-refractivity contribution in [2.24, 2.45) is 5.41 Å². The van der Waals surface area contributed by atoms with Crippen molar-refractivity contribution in [3.05, 3.63) is 41.4 Å². The Morgan fingerprint density at radius 2 is 2.10 bits per heavy atom. The molecule has 2 aromatic rings. The van der Waals surface area contributed by atoms with Gasteiger partial charge in [-0.2, -0.15) is 0 Å². The number of amides is 1. The van der Waals surface area contributed by atoms with Gasteiger partial charge in [0.05, 0.1) is 12.2 Å². The largest absolute Gasteiger partial charge is 0.492 e. The van der Waals surface area contributed by atoms with Gasteiger partial charge in [-0.25, -0.2) is 4.98 Å². The van der Waals surface area contributed by atoms with Crippen molar-refractivity contribution in [3.8, 4) is 5.75 Å². The van der Waals surface area contributed by atoms with E-state index in [2.05, 4.69) is 31.1 Å². The number of thiazole rings is 1. The molecule has 2 rings (SSSR count). The standard InChI is InChI=1S/C15H18N2O2S/c1-15(2,3)10-19-12-7-5-4-6-11(12)13(18)17-14-16-8-9-20-14/h4-9H,10H2,1-3H3,(H,16,17,18). The Morgan fingerprint density at radius 1 is 1.35 bits per heavy atom. The lowest BCUT2D eigenvalue weighted by Crippen LogP contribution is -2.19. The molecule has 20 heavy (non-hydrogen) atoms. The van der Waals surface area contributed by atoms with Crippen LogP contribution in [0.25, 0.3) is 0 Å². The number of ether oxygens (including phenoxy) is 1. The zero-order valence-corrected chi connectivity index (χ0v) is 12.7. The third-order valence-corrected chi connectivity index (χ3v) is 3.13. The summed E-state index contributed by atoms with van der Waals surface area (Å²) in [5.74, 6) is 0.390. The molecule has 0 atom stereocenters. The number of nitrogens with zero attached hydrogens (tertiary/aromatic N) is 1. The van der Waals surface area contributed by atoms with Gasteiger partial charge in [-0.3, -0.25) is 10.1 Å².